The van der Waals surface area contributed by atoms with Crippen molar-refractivity contribution in [1.29, 1.82) is 0 Å². The van der Waals surface area contributed by atoms with Crippen LogP contribution in [0.2, 0.25) is 0 Å². The second-order valence-electron chi connectivity index (χ2n) is 4.24. The molecule has 4 nitrogen and oxygen atoms in total. The van der Waals surface area contributed by atoms with Crippen molar-refractivity contribution in [3.63, 3.8) is 0 Å². The van der Waals surface area contributed by atoms with E-state index in [-0.39, 0.29) is 17.6 Å². The number of carbonyl (C=O) groups excluding carboxylic acids is 1. The molecule has 0 aromatic heterocycles. The molecule has 1 unspecified atom stereocenters. The summed E-state index contributed by atoms with van der Waals surface area (Å²) < 4.78 is 10.2. The highest BCUT2D eigenvalue weighted by molar-refractivity contribution is 5.75. The SMILES string of the molecule is COc1ccc(OC(=O)C2CC=CCC2)cc1O. The molecule has 0 aliphatic heterocycles. The summed E-state index contributed by atoms with van der Waals surface area (Å²) in [4.78, 5) is 11.9. The van der Waals surface area contributed by atoms with Gasteiger partial charge in [-0.05, 0) is 31.4 Å². The van der Waals surface area contributed by atoms with E-state index in [4.69, 9.17) is 9.47 Å². The average molecular weight is 248 g/mol. The lowest BCUT2D eigenvalue weighted by Crippen LogP contribution is -2.21. The Morgan fingerprint density at radius 1 is 1.39 bits per heavy atom. The zero-order chi connectivity index (χ0) is 13.0. The third-order valence-corrected chi connectivity index (χ3v) is 2.97. The van der Waals surface area contributed by atoms with Gasteiger partial charge >= 0.3 is 5.97 Å². The van der Waals surface area contributed by atoms with E-state index in [9.17, 15) is 9.90 Å². The van der Waals surface area contributed by atoms with Crippen LogP contribution < -0.4 is 9.47 Å². The van der Waals surface area contributed by atoms with Gasteiger partial charge in [-0.1, -0.05) is 12.2 Å². The smallest absolute Gasteiger partial charge is 0.314 e. The van der Waals surface area contributed by atoms with Crippen LogP contribution in [-0.4, -0.2) is 18.2 Å². The minimum atomic E-state index is -0.246. The van der Waals surface area contributed by atoms with E-state index in [2.05, 4.69) is 6.08 Å². The van der Waals surface area contributed by atoms with Crippen LogP contribution in [0.5, 0.6) is 17.2 Å². The van der Waals surface area contributed by atoms with Crippen molar-refractivity contribution in [1.82, 2.24) is 0 Å². The van der Waals surface area contributed by atoms with E-state index in [1.807, 2.05) is 6.08 Å². The van der Waals surface area contributed by atoms with Crippen molar-refractivity contribution >= 4 is 5.97 Å². The van der Waals surface area contributed by atoms with Crippen LogP contribution in [0, 0.1) is 5.92 Å². The number of esters is 1. The molecule has 2 rings (SSSR count). The van der Waals surface area contributed by atoms with Gasteiger partial charge in [0.25, 0.3) is 0 Å². The quantitative estimate of drug-likeness (QED) is 0.507. The molecule has 1 aromatic rings. The van der Waals surface area contributed by atoms with Crippen LogP contribution in [0.15, 0.2) is 30.4 Å². The molecule has 0 saturated heterocycles. The fourth-order valence-electron chi connectivity index (χ4n) is 1.94. The number of hydrogen-bond acceptors (Lipinski definition) is 4. The van der Waals surface area contributed by atoms with E-state index in [0.717, 1.165) is 19.3 Å². The summed E-state index contributed by atoms with van der Waals surface area (Å²) in [5.41, 5.74) is 0. The molecule has 1 N–H and O–H groups in total. The predicted molar refractivity (Wildman–Crippen MR) is 66.8 cm³/mol. The van der Waals surface area contributed by atoms with Gasteiger partial charge in [0, 0.05) is 6.07 Å². The number of benzene rings is 1. The summed E-state index contributed by atoms with van der Waals surface area (Å²) in [6.07, 6.45) is 6.52. The molecule has 0 fully saturated rings. The maximum absolute atomic E-state index is 11.9. The van der Waals surface area contributed by atoms with Crippen LogP contribution >= 0.6 is 0 Å². The van der Waals surface area contributed by atoms with Crippen LogP contribution in [0.25, 0.3) is 0 Å². The third-order valence-electron chi connectivity index (χ3n) is 2.97. The standard InChI is InChI=1S/C14H16O4/c1-17-13-8-7-11(9-12(13)15)18-14(16)10-5-3-2-4-6-10/h2-3,7-10,15H,4-6H2,1H3. The molecule has 1 aliphatic carbocycles. The first kappa shape index (κ1) is 12.5. The van der Waals surface area contributed by atoms with E-state index in [1.165, 1.54) is 13.2 Å². The molecule has 1 aromatic carbocycles. The molecule has 0 radical (unpaired) electrons. The highest BCUT2D eigenvalue weighted by Crippen LogP contribution is 2.30. The summed E-state index contributed by atoms with van der Waals surface area (Å²) in [6.45, 7) is 0. The number of carbonyl (C=O) groups is 1. The Balaban J connectivity index is 2.02. The maximum atomic E-state index is 11.9. The van der Waals surface area contributed by atoms with Gasteiger partial charge in [0.05, 0.1) is 13.0 Å². The number of methoxy groups -OCH3 is 1. The fourth-order valence-corrected chi connectivity index (χ4v) is 1.94. The Labute approximate surface area is 106 Å². The zero-order valence-electron chi connectivity index (χ0n) is 10.3. The van der Waals surface area contributed by atoms with Gasteiger partial charge in [-0.15, -0.1) is 0 Å². The molecule has 0 bridgehead atoms. The van der Waals surface area contributed by atoms with Gasteiger partial charge in [0.15, 0.2) is 11.5 Å². The highest BCUT2D eigenvalue weighted by atomic mass is 16.5. The monoisotopic (exact) mass is 248 g/mol. The van der Waals surface area contributed by atoms with Crippen LogP contribution in [0.4, 0.5) is 0 Å². The Morgan fingerprint density at radius 3 is 2.83 bits per heavy atom. The molecule has 0 amide bonds. The Morgan fingerprint density at radius 2 is 2.22 bits per heavy atom. The summed E-state index contributed by atoms with van der Waals surface area (Å²) >= 11 is 0. The molecule has 1 aliphatic rings. The van der Waals surface area contributed by atoms with Gasteiger partial charge in [-0.25, -0.2) is 0 Å². The molecule has 0 spiro atoms. The van der Waals surface area contributed by atoms with Crippen molar-refractivity contribution in [2.75, 3.05) is 7.11 Å². The summed E-state index contributed by atoms with van der Waals surface area (Å²) in [5.74, 6) is 0.331. The second-order valence-corrected chi connectivity index (χ2v) is 4.24. The third kappa shape index (κ3) is 2.83. The van der Waals surface area contributed by atoms with Crippen molar-refractivity contribution in [2.24, 2.45) is 5.92 Å². The topological polar surface area (TPSA) is 55.8 Å². The fraction of sp³-hybridized carbons (Fsp3) is 0.357. The van der Waals surface area contributed by atoms with Gasteiger partial charge < -0.3 is 14.6 Å². The Bertz CT molecular complexity index is 465. The number of allylic oxidation sites excluding steroid dienone is 2. The number of rotatable bonds is 3. The lowest BCUT2D eigenvalue weighted by atomic mass is 9.95. The van der Waals surface area contributed by atoms with Crippen LogP contribution in [0.3, 0.4) is 0 Å². The molecule has 96 valence electrons. The predicted octanol–water partition coefficient (Wildman–Crippen LogP) is 2.66. The lowest BCUT2D eigenvalue weighted by molar-refractivity contribution is -0.139. The van der Waals surface area contributed by atoms with E-state index < -0.39 is 0 Å². The molecule has 18 heavy (non-hydrogen) atoms. The first-order valence-electron chi connectivity index (χ1n) is 5.94. The zero-order valence-corrected chi connectivity index (χ0v) is 10.3. The van der Waals surface area contributed by atoms with Crippen molar-refractivity contribution in [2.45, 2.75) is 19.3 Å². The lowest BCUT2D eigenvalue weighted by Gasteiger charge is -2.16. The first-order valence-corrected chi connectivity index (χ1v) is 5.94. The van der Waals surface area contributed by atoms with Crippen LogP contribution in [0.1, 0.15) is 19.3 Å². The summed E-state index contributed by atoms with van der Waals surface area (Å²) in [6, 6.07) is 4.56. The van der Waals surface area contributed by atoms with Crippen LogP contribution in [-0.2, 0) is 4.79 Å². The van der Waals surface area contributed by atoms with Gasteiger partial charge in [0.1, 0.15) is 5.75 Å². The number of ether oxygens (including phenoxy) is 2. The number of hydrogen-bond donors (Lipinski definition) is 1. The summed E-state index contributed by atoms with van der Waals surface area (Å²) in [7, 11) is 1.47. The summed E-state index contributed by atoms with van der Waals surface area (Å²) in [5, 5.41) is 9.59. The molecule has 1 atom stereocenters. The normalized spacial score (nSPS) is 18.4. The van der Waals surface area contributed by atoms with E-state index >= 15 is 0 Å². The highest BCUT2D eigenvalue weighted by Gasteiger charge is 2.21. The molecular weight excluding hydrogens is 232 g/mol. The Hall–Kier alpha value is -1.97. The van der Waals surface area contributed by atoms with Gasteiger partial charge in [0.2, 0.25) is 0 Å². The van der Waals surface area contributed by atoms with Gasteiger partial charge in [-0.3, -0.25) is 4.79 Å². The van der Waals surface area contributed by atoms with Gasteiger partial charge in [-0.2, -0.15) is 0 Å². The minimum absolute atomic E-state index is 0.0358. The minimum Gasteiger partial charge on any atom is -0.504 e. The first-order chi connectivity index (χ1) is 8.70. The van der Waals surface area contributed by atoms with E-state index in [0.29, 0.717) is 11.5 Å². The average Bonchev–Trinajstić information content (AvgIpc) is 2.40. The molecule has 4 heteroatoms. The largest absolute Gasteiger partial charge is 0.504 e. The second kappa shape index (κ2) is 5.58. The molecule has 0 heterocycles. The van der Waals surface area contributed by atoms with Crippen molar-refractivity contribution in [3.8, 4) is 17.2 Å². The maximum Gasteiger partial charge on any atom is 0.314 e. The van der Waals surface area contributed by atoms with Crippen molar-refractivity contribution < 1.29 is 19.4 Å². The number of aromatic hydroxyl groups is 1. The number of phenols is 1. The van der Waals surface area contributed by atoms with E-state index in [1.54, 1.807) is 12.1 Å². The van der Waals surface area contributed by atoms with Crippen molar-refractivity contribution in [3.05, 3.63) is 30.4 Å². The number of phenolic OH excluding ortho intramolecular Hbond substituents is 1. The Kier molecular flexibility index (Phi) is 3.87. The molecule has 0 saturated carbocycles. The molecular formula is C14H16O4.